The summed E-state index contributed by atoms with van der Waals surface area (Å²) >= 11 is 2.02. The third kappa shape index (κ3) is 5.61. The van der Waals surface area contributed by atoms with Crippen LogP contribution < -0.4 is 0 Å². The summed E-state index contributed by atoms with van der Waals surface area (Å²) in [6.07, 6.45) is 1.12. The summed E-state index contributed by atoms with van der Waals surface area (Å²) in [6, 6.07) is 0. The number of carbonyl (C=O) groups excluding carboxylic acids is 1. The van der Waals surface area contributed by atoms with Crippen LogP contribution in [-0.4, -0.2) is 59.4 Å². The molecule has 0 aromatic heterocycles. The highest BCUT2D eigenvalue weighted by Crippen LogP contribution is 2.11. The second-order valence-electron chi connectivity index (χ2n) is 5.59. The summed E-state index contributed by atoms with van der Waals surface area (Å²) in [4.78, 5) is 16.5. The molecule has 0 aliphatic carbocycles. The maximum Gasteiger partial charge on any atom is 0.225 e. The molecule has 0 N–H and O–H groups in total. The van der Waals surface area contributed by atoms with Crippen LogP contribution in [0.15, 0.2) is 0 Å². The molecule has 18 heavy (non-hydrogen) atoms. The highest BCUT2D eigenvalue weighted by molar-refractivity contribution is 7.99. The fraction of sp³-hybridized carbons (Fsp3) is 0.929. The SMILES string of the molecule is CC(C)SCCN1CCCN(C(=O)C(C)C)CC1. The summed E-state index contributed by atoms with van der Waals surface area (Å²) in [6.45, 7) is 13.7. The third-order valence-electron chi connectivity index (χ3n) is 3.25. The van der Waals surface area contributed by atoms with Crippen LogP contribution in [0.1, 0.15) is 34.1 Å². The molecule has 0 aromatic rings. The number of rotatable bonds is 5. The highest BCUT2D eigenvalue weighted by atomic mass is 32.2. The van der Waals surface area contributed by atoms with Crippen LogP contribution in [0, 0.1) is 5.92 Å². The second-order valence-corrected chi connectivity index (χ2v) is 7.28. The van der Waals surface area contributed by atoms with Gasteiger partial charge >= 0.3 is 0 Å². The second kappa shape index (κ2) is 8.05. The van der Waals surface area contributed by atoms with Gasteiger partial charge in [-0.25, -0.2) is 0 Å². The van der Waals surface area contributed by atoms with Crippen molar-refractivity contribution in [1.29, 1.82) is 0 Å². The fourth-order valence-electron chi connectivity index (χ4n) is 2.20. The fourth-order valence-corrected chi connectivity index (χ4v) is 3.03. The van der Waals surface area contributed by atoms with Crippen molar-refractivity contribution >= 4 is 17.7 Å². The summed E-state index contributed by atoms with van der Waals surface area (Å²) in [5.41, 5.74) is 0. The molecule has 1 amide bonds. The van der Waals surface area contributed by atoms with Gasteiger partial charge in [0.1, 0.15) is 0 Å². The van der Waals surface area contributed by atoms with Crippen LogP contribution >= 0.6 is 11.8 Å². The van der Waals surface area contributed by atoms with Crippen molar-refractivity contribution in [3.8, 4) is 0 Å². The Morgan fingerprint density at radius 2 is 1.83 bits per heavy atom. The molecule has 0 aromatic carbocycles. The Labute approximate surface area is 116 Å². The van der Waals surface area contributed by atoms with E-state index in [1.165, 1.54) is 5.75 Å². The van der Waals surface area contributed by atoms with Gasteiger partial charge < -0.3 is 9.80 Å². The monoisotopic (exact) mass is 272 g/mol. The molecule has 1 rings (SSSR count). The molecule has 0 bridgehead atoms. The van der Waals surface area contributed by atoms with Gasteiger partial charge in [0.05, 0.1) is 0 Å². The molecule has 3 nitrogen and oxygen atoms in total. The molecule has 106 valence electrons. The Kier molecular flexibility index (Phi) is 7.08. The van der Waals surface area contributed by atoms with Crippen LogP contribution in [0.2, 0.25) is 0 Å². The molecule has 1 heterocycles. The zero-order valence-corrected chi connectivity index (χ0v) is 13.1. The average molecular weight is 272 g/mol. The smallest absolute Gasteiger partial charge is 0.225 e. The minimum Gasteiger partial charge on any atom is -0.341 e. The summed E-state index contributed by atoms with van der Waals surface area (Å²) < 4.78 is 0. The van der Waals surface area contributed by atoms with E-state index in [1.807, 2.05) is 30.5 Å². The molecule has 1 aliphatic heterocycles. The lowest BCUT2D eigenvalue weighted by atomic mass is 10.2. The molecule has 0 radical (unpaired) electrons. The number of nitrogens with zero attached hydrogens (tertiary/aromatic N) is 2. The van der Waals surface area contributed by atoms with Crippen LogP contribution in [0.5, 0.6) is 0 Å². The lowest BCUT2D eigenvalue weighted by molar-refractivity contribution is -0.134. The first kappa shape index (κ1) is 15.8. The Hall–Kier alpha value is -0.220. The third-order valence-corrected chi connectivity index (χ3v) is 4.34. The molecular formula is C14H28N2OS. The molecule has 0 atom stereocenters. The molecule has 0 unspecified atom stereocenters. The highest BCUT2D eigenvalue weighted by Gasteiger charge is 2.20. The van der Waals surface area contributed by atoms with E-state index in [9.17, 15) is 4.79 Å². The van der Waals surface area contributed by atoms with E-state index in [2.05, 4.69) is 18.7 Å². The van der Waals surface area contributed by atoms with Crippen LogP contribution in [0.3, 0.4) is 0 Å². The standard InChI is InChI=1S/C14H28N2OS/c1-12(2)14(17)16-7-5-6-15(8-9-16)10-11-18-13(3)4/h12-13H,5-11H2,1-4H3. The molecule has 0 spiro atoms. The first-order valence-electron chi connectivity index (χ1n) is 7.13. The Balaban J connectivity index is 2.30. The van der Waals surface area contributed by atoms with E-state index in [1.54, 1.807) is 0 Å². The first-order valence-corrected chi connectivity index (χ1v) is 8.18. The lowest BCUT2D eigenvalue weighted by Gasteiger charge is -2.23. The van der Waals surface area contributed by atoms with Crippen molar-refractivity contribution in [3.63, 3.8) is 0 Å². The molecule has 1 saturated heterocycles. The lowest BCUT2D eigenvalue weighted by Crippen LogP contribution is -2.37. The predicted octanol–water partition coefficient (Wildman–Crippen LogP) is 2.32. The van der Waals surface area contributed by atoms with Gasteiger partial charge in [-0.1, -0.05) is 27.7 Å². The topological polar surface area (TPSA) is 23.6 Å². The first-order chi connectivity index (χ1) is 8.50. The Morgan fingerprint density at radius 1 is 1.11 bits per heavy atom. The quantitative estimate of drug-likeness (QED) is 0.767. The van der Waals surface area contributed by atoms with Gasteiger partial charge in [-0.2, -0.15) is 11.8 Å². The van der Waals surface area contributed by atoms with Crippen molar-refractivity contribution in [1.82, 2.24) is 9.80 Å². The van der Waals surface area contributed by atoms with Crippen molar-refractivity contribution in [3.05, 3.63) is 0 Å². The van der Waals surface area contributed by atoms with Gasteiger partial charge in [0, 0.05) is 37.8 Å². The van der Waals surface area contributed by atoms with Gasteiger partial charge in [-0.05, 0) is 18.2 Å². The minimum absolute atomic E-state index is 0.132. The van der Waals surface area contributed by atoms with E-state index in [4.69, 9.17) is 0 Å². The molecule has 1 aliphatic rings. The summed E-state index contributed by atoms with van der Waals surface area (Å²) in [7, 11) is 0. The van der Waals surface area contributed by atoms with Crippen LogP contribution in [0.4, 0.5) is 0 Å². The molecular weight excluding hydrogens is 244 g/mol. The maximum absolute atomic E-state index is 12.0. The molecule has 0 saturated carbocycles. The van der Waals surface area contributed by atoms with Gasteiger partial charge in [0.15, 0.2) is 0 Å². The van der Waals surface area contributed by atoms with Crippen molar-refractivity contribution < 1.29 is 4.79 Å². The molecule has 1 fully saturated rings. The van der Waals surface area contributed by atoms with Gasteiger partial charge in [-0.3, -0.25) is 4.79 Å². The van der Waals surface area contributed by atoms with Gasteiger partial charge in [-0.15, -0.1) is 0 Å². The number of carbonyl (C=O) groups is 1. The van der Waals surface area contributed by atoms with E-state index in [0.29, 0.717) is 5.91 Å². The molecule has 4 heteroatoms. The van der Waals surface area contributed by atoms with Crippen molar-refractivity contribution in [2.45, 2.75) is 39.4 Å². The van der Waals surface area contributed by atoms with Gasteiger partial charge in [0.25, 0.3) is 0 Å². The number of amides is 1. The van der Waals surface area contributed by atoms with E-state index in [-0.39, 0.29) is 5.92 Å². The van der Waals surface area contributed by atoms with E-state index in [0.717, 1.165) is 44.4 Å². The van der Waals surface area contributed by atoms with Gasteiger partial charge in [0.2, 0.25) is 5.91 Å². The van der Waals surface area contributed by atoms with E-state index < -0.39 is 0 Å². The number of thioether (sulfide) groups is 1. The normalized spacial score (nSPS) is 18.4. The number of hydrogen-bond acceptors (Lipinski definition) is 3. The van der Waals surface area contributed by atoms with Crippen LogP contribution in [-0.2, 0) is 4.79 Å². The Bertz CT molecular complexity index is 256. The van der Waals surface area contributed by atoms with E-state index >= 15 is 0 Å². The number of hydrogen-bond donors (Lipinski definition) is 0. The van der Waals surface area contributed by atoms with Crippen molar-refractivity contribution in [2.75, 3.05) is 38.5 Å². The minimum atomic E-state index is 0.132. The maximum atomic E-state index is 12.0. The van der Waals surface area contributed by atoms with Crippen molar-refractivity contribution in [2.24, 2.45) is 5.92 Å². The average Bonchev–Trinajstić information content (AvgIpc) is 2.53. The summed E-state index contributed by atoms with van der Waals surface area (Å²) in [5, 5.41) is 0.719. The zero-order valence-electron chi connectivity index (χ0n) is 12.3. The predicted molar refractivity (Wildman–Crippen MR) is 80.1 cm³/mol. The van der Waals surface area contributed by atoms with Crippen LogP contribution in [0.25, 0.3) is 0 Å². The Morgan fingerprint density at radius 3 is 2.44 bits per heavy atom. The largest absolute Gasteiger partial charge is 0.341 e. The zero-order chi connectivity index (χ0) is 13.5. The summed E-state index contributed by atoms with van der Waals surface area (Å²) in [5.74, 6) is 1.65.